The standard InChI is InChI=1S/C16H8BrF2N3O2S.CH4/c17-13-8-21-15(25-16(18,19)14(23)24)22(13)12-6-5-9(7-20)10-3-1-2-4-11(10)12;/h1-6,8H,(H,23,24);1H4. The Balaban J connectivity index is 0.00000243. The predicted molar refractivity (Wildman–Crippen MR) is 98.7 cm³/mol. The van der Waals surface area contributed by atoms with Gasteiger partial charge < -0.3 is 5.11 Å². The fraction of sp³-hybridized carbons (Fsp3) is 0.118. The van der Waals surface area contributed by atoms with E-state index in [-0.39, 0.29) is 24.3 Å². The SMILES string of the molecule is C.N#Cc1ccc(-n2c(Br)cnc2SC(F)(F)C(=O)O)c2ccccc12. The Kier molecular flexibility index (Phi) is 5.68. The van der Waals surface area contributed by atoms with E-state index in [9.17, 15) is 18.8 Å². The molecule has 2 aromatic carbocycles. The zero-order valence-electron chi connectivity index (χ0n) is 12.3. The van der Waals surface area contributed by atoms with E-state index in [0.717, 1.165) is 0 Å². The van der Waals surface area contributed by atoms with Crippen molar-refractivity contribution in [2.24, 2.45) is 0 Å². The maximum absolute atomic E-state index is 13.6. The van der Waals surface area contributed by atoms with Crippen LogP contribution in [0, 0.1) is 11.3 Å². The molecule has 0 amide bonds. The third-order valence-corrected chi connectivity index (χ3v) is 4.88. The van der Waals surface area contributed by atoms with Crippen molar-refractivity contribution < 1.29 is 18.7 Å². The second-order valence-electron chi connectivity index (χ2n) is 4.91. The summed E-state index contributed by atoms with van der Waals surface area (Å²) in [5.41, 5.74) is 0.948. The van der Waals surface area contributed by atoms with E-state index < -0.39 is 11.2 Å². The van der Waals surface area contributed by atoms with Crippen molar-refractivity contribution in [1.82, 2.24) is 9.55 Å². The molecule has 0 bridgehead atoms. The van der Waals surface area contributed by atoms with Crippen molar-refractivity contribution >= 4 is 44.4 Å². The quantitative estimate of drug-likeness (QED) is 0.574. The zero-order valence-corrected chi connectivity index (χ0v) is 14.7. The number of halogens is 3. The Morgan fingerprint density at radius 2 is 1.92 bits per heavy atom. The second-order valence-corrected chi connectivity index (χ2v) is 6.81. The number of benzene rings is 2. The minimum absolute atomic E-state index is 0. The zero-order chi connectivity index (χ0) is 18.2. The van der Waals surface area contributed by atoms with E-state index in [1.807, 2.05) is 0 Å². The number of fused-ring (bicyclic) bond motifs is 1. The van der Waals surface area contributed by atoms with E-state index in [0.29, 0.717) is 26.6 Å². The molecule has 0 unspecified atom stereocenters. The van der Waals surface area contributed by atoms with Gasteiger partial charge in [-0.25, -0.2) is 9.78 Å². The van der Waals surface area contributed by atoms with E-state index >= 15 is 0 Å². The first-order valence-corrected chi connectivity index (χ1v) is 8.42. The minimum atomic E-state index is -4.02. The fourth-order valence-electron chi connectivity index (χ4n) is 2.34. The van der Waals surface area contributed by atoms with Crippen LogP contribution in [0.4, 0.5) is 8.78 Å². The Labute approximate surface area is 160 Å². The van der Waals surface area contributed by atoms with Gasteiger partial charge >= 0.3 is 11.2 Å². The Bertz CT molecular complexity index is 1030. The van der Waals surface area contributed by atoms with Crippen LogP contribution in [-0.2, 0) is 4.79 Å². The summed E-state index contributed by atoms with van der Waals surface area (Å²) in [6.07, 6.45) is 1.31. The molecule has 0 spiro atoms. The molecule has 26 heavy (non-hydrogen) atoms. The van der Waals surface area contributed by atoms with Crippen molar-refractivity contribution in [2.75, 3.05) is 0 Å². The lowest BCUT2D eigenvalue weighted by atomic mass is 10.0. The van der Waals surface area contributed by atoms with Gasteiger partial charge in [0.05, 0.1) is 23.5 Å². The van der Waals surface area contributed by atoms with Gasteiger partial charge in [0.2, 0.25) is 0 Å². The van der Waals surface area contributed by atoms with Crippen molar-refractivity contribution in [3.63, 3.8) is 0 Å². The lowest BCUT2D eigenvalue weighted by Crippen LogP contribution is -2.24. The molecule has 0 saturated carbocycles. The minimum Gasteiger partial charge on any atom is -0.476 e. The summed E-state index contributed by atoms with van der Waals surface area (Å²) >= 11 is 3.09. The average Bonchev–Trinajstić information content (AvgIpc) is 2.93. The van der Waals surface area contributed by atoms with Gasteiger partial charge in [0.15, 0.2) is 5.16 Å². The topological polar surface area (TPSA) is 78.9 Å². The first-order valence-electron chi connectivity index (χ1n) is 6.81. The van der Waals surface area contributed by atoms with Crippen molar-refractivity contribution in [2.45, 2.75) is 17.8 Å². The second kappa shape index (κ2) is 7.43. The molecule has 1 heterocycles. The van der Waals surface area contributed by atoms with Crippen molar-refractivity contribution in [1.29, 1.82) is 5.26 Å². The highest BCUT2D eigenvalue weighted by Crippen LogP contribution is 2.39. The highest BCUT2D eigenvalue weighted by atomic mass is 79.9. The number of hydrogen-bond donors (Lipinski definition) is 1. The smallest absolute Gasteiger partial charge is 0.395 e. The molecule has 3 rings (SSSR count). The van der Waals surface area contributed by atoms with Gasteiger partial charge in [0.1, 0.15) is 4.60 Å². The number of carboxylic acids is 1. The van der Waals surface area contributed by atoms with Gasteiger partial charge in [-0.05, 0) is 39.8 Å². The number of alkyl halides is 2. The largest absolute Gasteiger partial charge is 0.476 e. The van der Waals surface area contributed by atoms with Crippen LogP contribution in [-0.4, -0.2) is 25.9 Å². The number of thioether (sulfide) groups is 1. The van der Waals surface area contributed by atoms with Crippen LogP contribution in [0.15, 0.2) is 52.4 Å². The summed E-state index contributed by atoms with van der Waals surface area (Å²) in [5, 5.41) is 15.0. The molecule has 0 aliphatic heterocycles. The van der Waals surface area contributed by atoms with Crippen LogP contribution >= 0.6 is 27.7 Å². The molecule has 9 heteroatoms. The Hall–Kier alpha value is -2.44. The van der Waals surface area contributed by atoms with E-state index in [2.05, 4.69) is 27.0 Å². The van der Waals surface area contributed by atoms with Crippen molar-refractivity contribution in [3.05, 3.63) is 52.8 Å². The number of nitriles is 1. The number of carboxylic acid groups (broad SMARTS) is 1. The number of nitrogens with zero attached hydrogens (tertiary/aromatic N) is 3. The average molecular weight is 440 g/mol. The van der Waals surface area contributed by atoms with Crippen LogP contribution in [0.25, 0.3) is 16.5 Å². The third kappa shape index (κ3) is 3.43. The molecular weight excluding hydrogens is 428 g/mol. The highest BCUT2D eigenvalue weighted by Gasteiger charge is 2.42. The molecule has 0 atom stereocenters. The summed E-state index contributed by atoms with van der Waals surface area (Å²) in [6, 6.07) is 12.3. The Morgan fingerprint density at radius 1 is 1.27 bits per heavy atom. The fourth-order valence-corrected chi connectivity index (χ4v) is 3.63. The molecule has 1 aromatic heterocycles. The first-order chi connectivity index (χ1) is 11.8. The van der Waals surface area contributed by atoms with Gasteiger partial charge in [-0.3, -0.25) is 4.57 Å². The lowest BCUT2D eigenvalue weighted by Gasteiger charge is -2.15. The van der Waals surface area contributed by atoms with Crippen LogP contribution in [0.2, 0.25) is 0 Å². The number of hydrogen-bond acceptors (Lipinski definition) is 4. The summed E-state index contributed by atoms with van der Waals surface area (Å²) in [4.78, 5) is 14.6. The van der Waals surface area contributed by atoms with Crippen LogP contribution < -0.4 is 0 Å². The molecule has 0 aliphatic carbocycles. The maximum Gasteiger partial charge on any atom is 0.395 e. The first kappa shape index (κ1) is 19.9. The molecule has 1 N–H and O–H groups in total. The maximum atomic E-state index is 13.6. The summed E-state index contributed by atoms with van der Waals surface area (Å²) in [7, 11) is 0. The lowest BCUT2D eigenvalue weighted by molar-refractivity contribution is -0.152. The third-order valence-electron chi connectivity index (χ3n) is 3.42. The number of aromatic nitrogens is 2. The van der Waals surface area contributed by atoms with Crippen LogP contribution in [0.1, 0.15) is 13.0 Å². The molecule has 0 radical (unpaired) electrons. The van der Waals surface area contributed by atoms with E-state index in [4.69, 9.17) is 5.11 Å². The molecule has 134 valence electrons. The van der Waals surface area contributed by atoms with Gasteiger partial charge in [-0.2, -0.15) is 14.0 Å². The van der Waals surface area contributed by atoms with Gasteiger partial charge in [0, 0.05) is 10.8 Å². The summed E-state index contributed by atoms with van der Waals surface area (Å²) < 4.78 is 29.0. The number of rotatable bonds is 4. The summed E-state index contributed by atoms with van der Waals surface area (Å²) in [5.74, 6) is -2.24. The summed E-state index contributed by atoms with van der Waals surface area (Å²) in [6.45, 7) is 0. The molecule has 0 fully saturated rings. The monoisotopic (exact) mass is 439 g/mol. The number of aliphatic carboxylic acids is 1. The molecule has 3 aromatic rings. The predicted octanol–water partition coefficient (Wildman–Crippen LogP) is 5.07. The van der Waals surface area contributed by atoms with E-state index in [1.165, 1.54) is 10.8 Å². The van der Waals surface area contributed by atoms with Crippen molar-refractivity contribution in [3.8, 4) is 11.8 Å². The Morgan fingerprint density at radius 3 is 2.54 bits per heavy atom. The molecule has 0 saturated heterocycles. The van der Waals surface area contributed by atoms with Gasteiger partial charge in [-0.1, -0.05) is 31.7 Å². The number of carbonyl (C=O) groups is 1. The van der Waals surface area contributed by atoms with Crippen LogP contribution in [0.5, 0.6) is 0 Å². The highest BCUT2D eigenvalue weighted by molar-refractivity contribution is 9.10. The molecule has 5 nitrogen and oxygen atoms in total. The van der Waals surface area contributed by atoms with E-state index in [1.54, 1.807) is 36.4 Å². The van der Waals surface area contributed by atoms with Crippen LogP contribution in [0.3, 0.4) is 0 Å². The molecular formula is C17H12BrF2N3O2S. The van der Waals surface area contributed by atoms with Gasteiger partial charge in [-0.15, -0.1) is 0 Å². The normalized spacial score (nSPS) is 11.0. The molecule has 0 aliphatic rings. The number of imidazole rings is 1. The van der Waals surface area contributed by atoms with Gasteiger partial charge in [0.25, 0.3) is 0 Å².